The van der Waals surface area contributed by atoms with Gasteiger partial charge >= 0.3 is 0 Å². The minimum atomic E-state index is -0.339. The van der Waals surface area contributed by atoms with E-state index in [-0.39, 0.29) is 16.9 Å². The van der Waals surface area contributed by atoms with Crippen LogP contribution in [0.15, 0.2) is 18.2 Å². The molecule has 2 unspecified atom stereocenters. The van der Waals surface area contributed by atoms with Crippen LogP contribution in [-0.4, -0.2) is 55.6 Å². The second-order valence-corrected chi connectivity index (χ2v) is 6.32. The van der Waals surface area contributed by atoms with Crippen molar-refractivity contribution < 1.29 is 4.39 Å². The highest BCUT2D eigenvalue weighted by Gasteiger charge is 2.25. The van der Waals surface area contributed by atoms with Crippen LogP contribution in [0.3, 0.4) is 0 Å². The first-order valence-corrected chi connectivity index (χ1v) is 7.67. The Kier molecular flexibility index (Phi) is 5.96. The fourth-order valence-electron chi connectivity index (χ4n) is 2.87. The largest absolute Gasteiger partial charge is 0.304 e. The van der Waals surface area contributed by atoms with Crippen molar-refractivity contribution in [3.05, 3.63) is 34.6 Å². The average molecular weight is 315 g/mol. The SMILES string of the molecule is CN1CCN(C)C(CC(Cc2cccc(Cl)c2F)NN)C1. The van der Waals surface area contributed by atoms with E-state index in [1.807, 2.05) is 0 Å². The first-order valence-electron chi connectivity index (χ1n) is 7.29. The van der Waals surface area contributed by atoms with Crippen LogP contribution in [0.2, 0.25) is 5.02 Å². The van der Waals surface area contributed by atoms with Crippen LogP contribution in [0.1, 0.15) is 12.0 Å². The Balaban J connectivity index is 2.01. The van der Waals surface area contributed by atoms with Crippen molar-refractivity contribution in [2.45, 2.75) is 24.9 Å². The van der Waals surface area contributed by atoms with Crippen LogP contribution < -0.4 is 11.3 Å². The van der Waals surface area contributed by atoms with Crippen molar-refractivity contribution in [1.82, 2.24) is 15.2 Å². The molecular weight excluding hydrogens is 291 g/mol. The summed E-state index contributed by atoms with van der Waals surface area (Å²) in [6.45, 7) is 3.13. The maximum absolute atomic E-state index is 14.0. The number of hydrogen-bond acceptors (Lipinski definition) is 4. The first kappa shape index (κ1) is 16.6. The number of nitrogens with zero attached hydrogens (tertiary/aromatic N) is 2. The lowest BCUT2D eigenvalue weighted by Gasteiger charge is -2.39. The van der Waals surface area contributed by atoms with E-state index >= 15 is 0 Å². The van der Waals surface area contributed by atoms with E-state index in [1.165, 1.54) is 0 Å². The molecule has 118 valence electrons. The van der Waals surface area contributed by atoms with E-state index in [0.29, 0.717) is 18.0 Å². The van der Waals surface area contributed by atoms with Gasteiger partial charge in [0.2, 0.25) is 0 Å². The zero-order valence-corrected chi connectivity index (χ0v) is 13.4. The zero-order valence-electron chi connectivity index (χ0n) is 12.6. The van der Waals surface area contributed by atoms with E-state index in [1.54, 1.807) is 18.2 Å². The molecule has 0 spiro atoms. The molecule has 0 bridgehead atoms. The second kappa shape index (κ2) is 7.51. The van der Waals surface area contributed by atoms with Crippen LogP contribution in [0.25, 0.3) is 0 Å². The molecule has 4 nitrogen and oxygen atoms in total. The first-order chi connectivity index (χ1) is 10.0. The molecule has 3 N–H and O–H groups in total. The zero-order chi connectivity index (χ0) is 15.4. The van der Waals surface area contributed by atoms with E-state index in [9.17, 15) is 4.39 Å². The van der Waals surface area contributed by atoms with Gasteiger partial charge < -0.3 is 9.80 Å². The number of benzene rings is 1. The normalized spacial score (nSPS) is 22.4. The molecule has 1 fully saturated rings. The number of nitrogens with two attached hydrogens (primary N) is 1. The Labute approximate surface area is 131 Å². The van der Waals surface area contributed by atoms with Crippen molar-refractivity contribution in [3.63, 3.8) is 0 Å². The molecule has 0 radical (unpaired) electrons. The molecule has 2 rings (SSSR count). The van der Waals surface area contributed by atoms with Gasteiger partial charge in [0.05, 0.1) is 5.02 Å². The van der Waals surface area contributed by atoms with E-state index in [4.69, 9.17) is 17.4 Å². The molecule has 1 aromatic carbocycles. The summed E-state index contributed by atoms with van der Waals surface area (Å²) in [6.07, 6.45) is 1.42. The Morgan fingerprint density at radius 1 is 1.43 bits per heavy atom. The molecule has 0 amide bonds. The van der Waals surface area contributed by atoms with Crippen molar-refractivity contribution in [3.8, 4) is 0 Å². The van der Waals surface area contributed by atoms with Crippen molar-refractivity contribution in [2.24, 2.45) is 5.84 Å². The smallest absolute Gasteiger partial charge is 0.145 e. The number of piperazine rings is 1. The summed E-state index contributed by atoms with van der Waals surface area (Å²) in [7, 11) is 4.26. The monoisotopic (exact) mass is 314 g/mol. The minimum Gasteiger partial charge on any atom is -0.304 e. The standard InChI is InChI=1S/C15H24ClFN4/c1-20-6-7-21(2)13(10-20)9-12(19-18)8-11-4-3-5-14(16)15(11)17/h3-5,12-13,19H,6-10,18H2,1-2H3. The topological polar surface area (TPSA) is 44.5 Å². The molecule has 1 aliphatic rings. The quantitative estimate of drug-likeness (QED) is 0.638. The average Bonchev–Trinajstić information content (AvgIpc) is 2.46. The lowest BCUT2D eigenvalue weighted by atomic mass is 9.97. The number of hydrogen-bond donors (Lipinski definition) is 2. The number of hydrazine groups is 1. The lowest BCUT2D eigenvalue weighted by Crippen LogP contribution is -2.53. The maximum Gasteiger partial charge on any atom is 0.145 e. The van der Waals surface area contributed by atoms with Crippen LogP contribution in [0.4, 0.5) is 4.39 Å². The third kappa shape index (κ3) is 4.37. The van der Waals surface area contributed by atoms with Gasteiger partial charge in [0.1, 0.15) is 5.82 Å². The molecule has 1 aromatic rings. The molecule has 21 heavy (non-hydrogen) atoms. The van der Waals surface area contributed by atoms with Gasteiger partial charge in [-0.1, -0.05) is 23.7 Å². The number of likely N-dealkylation sites (N-methyl/N-ethyl adjacent to an activating group) is 2. The Morgan fingerprint density at radius 2 is 2.19 bits per heavy atom. The van der Waals surface area contributed by atoms with E-state index in [2.05, 4.69) is 29.3 Å². The molecular formula is C15H24ClFN4. The predicted molar refractivity (Wildman–Crippen MR) is 84.8 cm³/mol. The Bertz CT molecular complexity index is 471. The molecule has 0 aromatic heterocycles. The van der Waals surface area contributed by atoms with Crippen molar-refractivity contribution >= 4 is 11.6 Å². The minimum absolute atomic E-state index is 0.0249. The summed E-state index contributed by atoms with van der Waals surface area (Å²) in [5.41, 5.74) is 3.43. The van der Waals surface area contributed by atoms with Crippen LogP contribution in [0, 0.1) is 5.82 Å². The predicted octanol–water partition coefficient (Wildman–Crippen LogP) is 1.49. The van der Waals surface area contributed by atoms with E-state index < -0.39 is 0 Å². The molecule has 0 saturated carbocycles. The van der Waals surface area contributed by atoms with Crippen LogP contribution >= 0.6 is 11.6 Å². The summed E-state index contributed by atoms with van der Waals surface area (Å²) in [5.74, 6) is 5.33. The molecule has 0 aliphatic carbocycles. The molecule has 1 saturated heterocycles. The van der Waals surface area contributed by atoms with Crippen molar-refractivity contribution in [2.75, 3.05) is 33.7 Å². The number of halogens is 2. The van der Waals surface area contributed by atoms with Gasteiger partial charge in [-0.15, -0.1) is 0 Å². The fourth-order valence-corrected chi connectivity index (χ4v) is 3.06. The fraction of sp³-hybridized carbons (Fsp3) is 0.600. The van der Waals surface area contributed by atoms with Gasteiger partial charge in [-0.05, 0) is 38.6 Å². The maximum atomic E-state index is 14.0. The molecule has 6 heteroatoms. The van der Waals surface area contributed by atoms with Crippen LogP contribution in [-0.2, 0) is 6.42 Å². The summed E-state index contributed by atoms with van der Waals surface area (Å²) >= 11 is 5.83. The highest BCUT2D eigenvalue weighted by molar-refractivity contribution is 6.30. The summed E-state index contributed by atoms with van der Waals surface area (Å²) in [5, 5.41) is 0.165. The van der Waals surface area contributed by atoms with Gasteiger partial charge in [-0.25, -0.2) is 4.39 Å². The molecule has 1 heterocycles. The Morgan fingerprint density at radius 3 is 2.90 bits per heavy atom. The Hall–Kier alpha value is -0.720. The number of nitrogens with one attached hydrogen (secondary N) is 1. The molecule has 2 atom stereocenters. The summed E-state index contributed by atoms with van der Waals surface area (Å²) < 4.78 is 14.0. The third-order valence-electron chi connectivity index (χ3n) is 4.27. The van der Waals surface area contributed by atoms with Crippen LogP contribution in [0.5, 0.6) is 0 Å². The third-order valence-corrected chi connectivity index (χ3v) is 4.56. The van der Waals surface area contributed by atoms with Gasteiger partial charge in [-0.2, -0.15) is 0 Å². The van der Waals surface area contributed by atoms with Gasteiger partial charge in [-0.3, -0.25) is 11.3 Å². The van der Waals surface area contributed by atoms with Gasteiger partial charge in [0.25, 0.3) is 0 Å². The molecule has 1 aliphatic heterocycles. The van der Waals surface area contributed by atoms with Crippen molar-refractivity contribution in [1.29, 1.82) is 0 Å². The lowest BCUT2D eigenvalue weighted by molar-refractivity contribution is 0.101. The van der Waals surface area contributed by atoms with E-state index in [0.717, 1.165) is 26.1 Å². The van der Waals surface area contributed by atoms with Gasteiger partial charge in [0.15, 0.2) is 0 Å². The second-order valence-electron chi connectivity index (χ2n) is 5.91. The highest BCUT2D eigenvalue weighted by atomic mass is 35.5. The highest BCUT2D eigenvalue weighted by Crippen LogP contribution is 2.21. The number of rotatable bonds is 5. The summed E-state index contributed by atoms with van der Waals surface area (Å²) in [4.78, 5) is 4.66. The summed E-state index contributed by atoms with van der Waals surface area (Å²) in [6, 6.07) is 5.55. The van der Waals surface area contributed by atoms with Gasteiger partial charge in [0, 0.05) is 31.7 Å².